The largest absolute Gasteiger partial charge is 0.466 e. The van der Waals surface area contributed by atoms with E-state index in [4.69, 9.17) is 13.9 Å². The Balaban J connectivity index is 1.74. The maximum Gasteiger partial charge on any atom is 0.313 e. The zero-order chi connectivity index (χ0) is 33.0. The smallest absolute Gasteiger partial charge is 0.313 e. The highest BCUT2D eigenvalue weighted by Crippen LogP contribution is 2.39. The number of carbonyl (C=O) groups is 3. The van der Waals surface area contributed by atoms with Crippen LogP contribution >= 0.6 is 0 Å². The van der Waals surface area contributed by atoms with Crippen molar-refractivity contribution in [2.75, 3.05) is 20.3 Å². The van der Waals surface area contributed by atoms with Crippen LogP contribution in [0.3, 0.4) is 0 Å². The van der Waals surface area contributed by atoms with Gasteiger partial charge < -0.3 is 13.9 Å². The lowest BCUT2D eigenvalue weighted by molar-refractivity contribution is -0.144. The summed E-state index contributed by atoms with van der Waals surface area (Å²) in [6, 6.07) is 21.1. The number of esters is 1. The highest BCUT2D eigenvalue weighted by Gasteiger charge is 2.50. The van der Waals surface area contributed by atoms with Crippen molar-refractivity contribution in [1.82, 2.24) is 0 Å². The van der Waals surface area contributed by atoms with E-state index in [-0.39, 0.29) is 47.6 Å². The van der Waals surface area contributed by atoms with Gasteiger partial charge in [-0.05, 0) is 79.4 Å². The summed E-state index contributed by atoms with van der Waals surface area (Å²) >= 11 is 0. The van der Waals surface area contributed by atoms with Crippen molar-refractivity contribution in [3.8, 4) is 0 Å². The molecule has 0 aliphatic heterocycles. The maximum atomic E-state index is 13.4. The summed E-state index contributed by atoms with van der Waals surface area (Å²) in [5.41, 5.74) is 1.87. The van der Waals surface area contributed by atoms with Gasteiger partial charge in [0.15, 0.2) is 11.6 Å². The molecule has 3 atom stereocenters. The lowest BCUT2D eigenvalue weighted by Gasteiger charge is -2.43. The van der Waals surface area contributed by atoms with Crippen molar-refractivity contribution in [3.63, 3.8) is 0 Å². The zero-order valence-electron chi connectivity index (χ0n) is 28.3. The third kappa shape index (κ3) is 9.68. The minimum Gasteiger partial charge on any atom is -0.466 e. The van der Waals surface area contributed by atoms with Crippen molar-refractivity contribution in [2.45, 2.75) is 91.2 Å². The Labute approximate surface area is 271 Å². The van der Waals surface area contributed by atoms with Gasteiger partial charge in [0.25, 0.3) is 8.32 Å². The number of ketones is 2. The molecule has 1 aliphatic carbocycles. The first-order valence-corrected chi connectivity index (χ1v) is 18.2. The van der Waals surface area contributed by atoms with Gasteiger partial charge in [0.05, 0.1) is 12.7 Å². The molecule has 1 fully saturated rings. The first-order valence-electron chi connectivity index (χ1n) is 16.3. The molecule has 7 heteroatoms. The van der Waals surface area contributed by atoms with Crippen LogP contribution < -0.4 is 10.4 Å². The Morgan fingerprint density at radius 2 is 1.49 bits per heavy atom. The van der Waals surface area contributed by atoms with Gasteiger partial charge in [-0.25, -0.2) is 0 Å². The summed E-state index contributed by atoms with van der Waals surface area (Å²) in [5, 5.41) is 2.36. The van der Waals surface area contributed by atoms with Crippen molar-refractivity contribution in [3.05, 3.63) is 84.0 Å². The van der Waals surface area contributed by atoms with Crippen molar-refractivity contribution in [1.29, 1.82) is 0 Å². The van der Waals surface area contributed by atoms with Crippen LogP contribution in [0.4, 0.5) is 0 Å². The minimum atomic E-state index is -2.65. The standard InChI is InChI=1S/C38H52O6Si/c1-8-43-37(41)27-31(40)25-29(3)34-20-15-21-36(42-7)35(34)26-30(39)24-28(2)22-23-44-45(38(4,5)6,32-16-11-9-12-17-32)33-18-13-10-14-19-33/h9-14,16-19,24-25,34-36H,8,15,20-23,26-27H2,1-7H3/b28-24-,29-25+/t34-,35-,36+/m0/s1. The van der Waals surface area contributed by atoms with Crippen LogP contribution in [0.2, 0.25) is 5.04 Å². The van der Waals surface area contributed by atoms with E-state index in [0.29, 0.717) is 19.4 Å². The highest BCUT2D eigenvalue weighted by molar-refractivity contribution is 6.99. The van der Waals surface area contributed by atoms with Crippen LogP contribution in [0.25, 0.3) is 0 Å². The Morgan fingerprint density at radius 3 is 2.02 bits per heavy atom. The second-order valence-electron chi connectivity index (χ2n) is 13.2. The summed E-state index contributed by atoms with van der Waals surface area (Å²) in [6.45, 7) is 13.2. The fourth-order valence-electron chi connectivity index (χ4n) is 6.89. The number of rotatable bonds is 15. The molecule has 0 bridgehead atoms. The number of methoxy groups -OCH3 is 1. The number of carbonyl (C=O) groups excluding carboxylic acids is 3. The van der Waals surface area contributed by atoms with E-state index in [9.17, 15) is 14.4 Å². The van der Waals surface area contributed by atoms with Crippen molar-refractivity contribution < 1.29 is 28.3 Å². The van der Waals surface area contributed by atoms with Crippen LogP contribution in [0.5, 0.6) is 0 Å². The Bertz CT molecular complexity index is 1290. The Kier molecular flexibility index (Phi) is 13.7. The van der Waals surface area contributed by atoms with Gasteiger partial charge >= 0.3 is 5.97 Å². The summed E-state index contributed by atoms with van der Waals surface area (Å²) in [6.07, 6.45) is 6.69. The normalized spacial score (nSPS) is 19.7. The van der Waals surface area contributed by atoms with E-state index >= 15 is 0 Å². The van der Waals surface area contributed by atoms with E-state index in [0.717, 1.165) is 30.4 Å². The average molecular weight is 633 g/mol. The summed E-state index contributed by atoms with van der Waals surface area (Å²) in [7, 11) is -0.954. The molecule has 2 aromatic carbocycles. The molecule has 0 unspecified atom stereocenters. The van der Waals surface area contributed by atoms with Crippen molar-refractivity contribution in [2.24, 2.45) is 11.8 Å². The Hall–Kier alpha value is -3.13. The van der Waals surface area contributed by atoms with E-state index in [1.54, 1.807) is 26.2 Å². The molecule has 3 rings (SSSR count). The van der Waals surface area contributed by atoms with Crippen molar-refractivity contribution >= 4 is 36.2 Å². The molecular formula is C38H52O6Si. The lowest BCUT2D eigenvalue weighted by atomic mass is 9.71. The molecule has 0 saturated heterocycles. The fourth-order valence-corrected chi connectivity index (χ4v) is 11.5. The van der Waals surface area contributed by atoms with Crippen LogP contribution in [0.1, 0.15) is 80.1 Å². The molecule has 1 saturated carbocycles. The summed E-state index contributed by atoms with van der Waals surface area (Å²) in [4.78, 5) is 37.8. The number of ether oxygens (including phenoxy) is 2. The molecule has 0 aromatic heterocycles. The highest BCUT2D eigenvalue weighted by atomic mass is 28.4. The van der Waals surface area contributed by atoms with Crippen LogP contribution in [0.15, 0.2) is 84.0 Å². The summed E-state index contributed by atoms with van der Waals surface area (Å²) in [5.74, 6) is -0.739. The second kappa shape index (κ2) is 17.0. The molecule has 0 radical (unpaired) electrons. The molecule has 2 aromatic rings. The fraction of sp³-hybridized carbons (Fsp3) is 0.500. The second-order valence-corrected chi connectivity index (χ2v) is 17.5. The van der Waals surface area contributed by atoms with Gasteiger partial charge in [-0.3, -0.25) is 14.4 Å². The maximum absolute atomic E-state index is 13.4. The van der Waals surface area contributed by atoms with Gasteiger partial charge in [-0.2, -0.15) is 0 Å². The van der Waals surface area contributed by atoms with Gasteiger partial charge in [-0.1, -0.05) is 99.0 Å². The average Bonchev–Trinajstić information content (AvgIpc) is 2.99. The van der Waals surface area contributed by atoms with Gasteiger partial charge in [0, 0.05) is 20.1 Å². The SMILES string of the molecule is CCOC(=O)CC(=O)/C=C(\C)[C@@H]1CCC[C@@H](OC)[C@H]1CC(=O)/C=C(/C)CCO[Si](c1ccccc1)(c1ccccc1)C(C)(C)C. The van der Waals surface area contributed by atoms with Gasteiger partial charge in [0.2, 0.25) is 0 Å². The molecule has 0 amide bonds. The van der Waals surface area contributed by atoms with Gasteiger partial charge in [-0.15, -0.1) is 0 Å². The molecule has 0 N–H and O–H groups in total. The predicted molar refractivity (Wildman–Crippen MR) is 183 cm³/mol. The third-order valence-electron chi connectivity index (χ3n) is 8.97. The van der Waals surface area contributed by atoms with E-state index in [1.807, 2.05) is 26.0 Å². The monoisotopic (exact) mass is 632 g/mol. The molecule has 1 aliphatic rings. The van der Waals surface area contributed by atoms with Crippen LogP contribution in [-0.4, -0.2) is 52.3 Å². The topological polar surface area (TPSA) is 78.9 Å². The summed E-state index contributed by atoms with van der Waals surface area (Å²) < 4.78 is 17.8. The Morgan fingerprint density at radius 1 is 0.889 bits per heavy atom. The number of hydrogen-bond donors (Lipinski definition) is 0. The van der Waals surface area contributed by atoms with E-state index in [2.05, 4.69) is 69.3 Å². The molecule has 45 heavy (non-hydrogen) atoms. The first kappa shape index (κ1) is 36.3. The number of benzene rings is 2. The number of allylic oxidation sites excluding steroid dienone is 3. The first-order chi connectivity index (χ1) is 21.4. The van der Waals surface area contributed by atoms with Crippen LogP contribution in [0, 0.1) is 11.8 Å². The predicted octanol–water partition coefficient (Wildman–Crippen LogP) is 6.76. The zero-order valence-corrected chi connectivity index (χ0v) is 29.3. The molecule has 6 nitrogen and oxygen atoms in total. The molecule has 0 heterocycles. The van der Waals surface area contributed by atoms with Crippen LogP contribution in [-0.2, 0) is 28.3 Å². The quantitative estimate of drug-likeness (QED) is 0.0935. The molecule has 244 valence electrons. The third-order valence-corrected chi connectivity index (χ3v) is 14.0. The molecular weight excluding hydrogens is 580 g/mol. The van der Waals surface area contributed by atoms with Gasteiger partial charge in [0.1, 0.15) is 6.42 Å². The number of hydrogen-bond acceptors (Lipinski definition) is 6. The lowest BCUT2D eigenvalue weighted by Crippen LogP contribution is -2.66. The van der Waals surface area contributed by atoms with E-state index in [1.165, 1.54) is 10.4 Å². The minimum absolute atomic E-state index is 0.0333. The molecule has 0 spiro atoms. The van der Waals surface area contributed by atoms with E-state index < -0.39 is 14.3 Å².